The topological polar surface area (TPSA) is 52.3 Å². The van der Waals surface area contributed by atoms with Gasteiger partial charge in [-0.3, -0.25) is 4.79 Å². The van der Waals surface area contributed by atoms with E-state index in [2.05, 4.69) is 0 Å². The summed E-state index contributed by atoms with van der Waals surface area (Å²) in [6.07, 6.45) is 0. The summed E-state index contributed by atoms with van der Waals surface area (Å²) in [7, 11) is 1.40. The Hall–Kier alpha value is -1.42. The first-order chi connectivity index (χ1) is 7.51. The highest BCUT2D eigenvalue weighted by Crippen LogP contribution is 2.27. The molecule has 88 valence electrons. The molecule has 16 heavy (non-hydrogen) atoms. The average molecular weight is 225 g/mol. The number of halogens is 1. The number of hydrogen-bond donors (Lipinski definition) is 1. The second-order valence-corrected chi connectivity index (χ2v) is 3.86. The molecule has 0 aliphatic heterocycles. The molecule has 4 heteroatoms. The minimum Gasteiger partial charge on any atom is -0.496 e. The van der Waals surface area contributed by atoms with Crippen molar-refractivity contribution in [3.63, 3.8) is 0 Å². The van der Waals surface area contributed by atoms with Crippen molar-refractivity contribution in [3.8, 4) is 5.75 Å². The Morgan fingerprint density at radius 3 is 2.56 bits per heavy atom. The summed E-state index contributed by atoms with van der Waals surface area (Å²) in [5.41, 5.74) is 6.13. The fraction of sp³-hybridized carbons (Fsp3) is 0.417. The summed E-state index contributed by atoms with van der Waals surface area (Å²) in [5, 5.41) is 0. The number of hydrogen-bond acceptors (Lipinski definition) is 3. The van der Waals surface area contributed by atoms with E-state index in [4.69, 9.17) is 10.5 Å². The lowest BCUT2D eigenvalue weighted by atomic mass is 9.97. The van der Waals surface area contributed by atoms with Crippen LogP contribution in [0.3, 0.4) is 0 Å². The van der Waals surface area contributed by atoms with Gasteiger partial charge in [-0.15, -0.1) is 0 Å². The van der Waals surface area contributed by atoms with Crippen LogP contribution in [0.4, 0.5) is 4.39 Å². The molecule has 1 aromatic rings. The van der Waals surface area contributed by atoms with Gasteiger partial charge in [0.2, 0.25) is 0 Å². The van der Waals surface area contributed by atoms with Crippen LogP contribution in [0.2, 0.25) is 0 Å². The average Bonchev–Trinajstić information content (AvgIpc) is 2.27. The van der Waals surface area contributed by atoms with E-state index in [0.29, 0.717) is 11.1 Å². The van der Waals surface area contributed by atoms with Gasteiger partial charge in [-0.2, -0.15) is 0 Å². The van der Waals surface area contributed by atoms with Crippen molar-refractivity contribution in [2.45, 2.75) is 19.8 Å². The molecule has 0 saturated heterocycles. The van der Waals surface area contributed by atoms with Crippen LogP contribution in [0.15, 0.2) is 12.1 Å². The van der Waals surface area contributed by atoms with Crippen LogP contribution in [0.5, 0.6) is 5.75 Å². The van der Waals surface area contributed by atoms with Gasteiger partial charge in [-0.25, -0.2) is 4.39 Å². The fourth-order valence-corrected chi connectivity index (χ4v) is 1.51. The number of benzene rings is 1. The van der Waals surface area contributed by atoms with E-state index in [9.17, 15) is 9.18 Å². The summed E-state index contributed by atoms with van der Waals surface area (Å²) >= 11 is 0. The van der Waals surface area contributed by atoms with E-state index in [1.807, 2.05) is 13.8 Å². The van der Waals surface area contributed by atoms with Gasteiger partial charge in [-0.05, 0) is 17.5 Å². The number of rotatable bonds is 4. The Morgan fingerprint density at radius 1 is 1.50 bits per heavy atom. The van der Waals surface area contributed by atoms with Gasteiger partial charge in [0.25, 0.3) is 0 Å². The standard InChI is InChI=1S/C12H16FNO2/c1-7(2)8-4-9(11(15)6-14)12(16-3)5-10(8)13/h4-5,7H,6,14H2,1-3H3. The van der Waals surface area contributed by atoms with Crippen LogP contribution >= 0.6 is 0 Å². The molecule has 2 N–H and O–H groups in total. The van der Waals surface area contributed by atoms with Crippen molar-refractivity contribution in [1.29, 1.82) is 0 Å². The Kier molecular flexibility index (Phi) is 4.01. The van der Waals surface area contributed by atoms with Gasteiger partial charge in [0.05, 0.1) is 19.2 Å². The molecule has 0 atom stereocenters. The lowest BCUT2D eigenvalue weighted by molar-refractivity contribution is 0.0998. The zero-order valence-corrected chi connectivity index (χ0v) is 9.71. The van der Waals surface area contributed by atoms with Gasteiger partial charge in [0.1, 0.15) is 11.6 Å². The largest absolute Gasteiger partial charge is 0.496 e. The molecule has 1 rings (SSSR count). The van der Waals surface area contributed by atoms with Crippen LogP contribution in [0.1, 0.15) is 35.7 Å². The van der Waals surface area contributed by atoms with Crippen molar-refractivity contribution in [1.82, 2.24) is 0 Å². The number of Topliss-reactive ketones (excluding diaryl/α,β-unsaturated/α-hetero) is 1. The molecule has 0 saturated carbocycles. The molecule has 3 nitrogen and oxygen atoms in total. The number of carbonyl (C=O) groups excluding carboxylic acids is 1. The molecule has 0 aliphatic rings. The number of carbonyl (C=O) groups is 1. The van der Waals surface area contributed by atoms with E-state index < -0.39 is 0 Å². The zero-order valence-electron chi connectivity index (χ0n) is 9.71. The quantitative estimate of drug-likeness (QED) is 0.798. The summed E-state index contributed by atoms with van der Waals surface area (Å²) < 4.78 is 18.6. The highest BCUT2D eigenvalue weighted by atomic mass is 19.1. The molecule has 0 aliphatic carbocycles. The molecule has 0 bridgehead atoms. The summed E-state index contributed by atoms with van der Waals surface area (Å²) in [4.78, 5) is 11.6. The Labute approximate surface area is 94.4 Å². The van der Waals surface area contributed by atoms with Crippen molar-refractivity contribution in [2.24, 2.45) is 5.73 Å². The van der Waals surface area contributed by atoms with Gasteiger partial charge < -0.3 is 10.5 Å². The molecule has 0 heterocycles. The molecule has 0 radical (unpaired) electrons. The van der Waals surface area contributed by atoms with Gasteiger partial charge in [-0.1, -0.05) is 13.8 Å². The molecule has 0 fully saturated rings. The van der Waals surface area contributed by atoms with Crippen LogP contribution < -0.4 is 10.5 Å². The van der Waals surface area contributed by atoms with Crippen molar-refractivity contribution < 1.29 is 13.9 Å². The smallest absolute Gasteiger partial charge is 0.180 e. The Bertz CT molecular complexity index is 402. The third kappa shape index (κ3) is 2.39. The van der Waals surface area contributed by atoms with Crippen LogP contribution in [-0.4, -0.2) is 19.4 Å². The summed E-state index contributed by atoms with van der Waals surface area (Å²) in [6, 6.07) is 2.76. The maximum atomic E-state index is 13.6. The van der Waals surface area contributed by atoms with Gasteiger partial charge in [0.15, 0.2) is 5.78 Å². The predicted molar refractivity (Wildman–Crippen MR) is 60.4 cm³/mol. The first-order valence-corrected chi connectivity index (χ1v) is 5.12. The number of nitrogens with two attached hydrogens (primary N) is 1. The second-order valence-electron chi connectivity index (χ2n) is 3.86. The third-order valence-electron chi connectivity index (χ3n) is 2.43. The summed E-state index contributed by atoms with van der Waals surface area (Å²) in [5.74, 6) is -0.369. The predicted octanol–water partition coefficient (Wildman–Crippen LogP) is 2.10. The monoisotopic (exact) mass is 225 g/mol. The molecule has 0 unspecified atom stereocenters. The van der Waals surface area contributed by atoms with Gasteiger partial charge in [0, 0.05) is 6.07 Å². The van der Waals surface area contributed by atoms with E-state index in [1.165, 1.54) is 19.2 Å². The minimum atomic E-state index is -0.361. The normalized spacial score (nSPS) is 10.6. The third-order valence-corrected chi connectivity index (χ3v) is 2.43. The van der Waals surface area contributed by atoms with Crippen LogP contribution in [-0.2, 0) is 0 Å². The molecule has 0 amide bonds. The molecule has 0 aromatic heterocycles. The first kappa shape index (κ1) is 12.6. The highest BCUT2D eigenvalue weighted by Gasteiger charge is 2.16. The number of ketones is 1. The van der Waals surface area contributed by atoms with Crippen LogP contribution in [0.25, 0.3) is 0 Å². The highest BCUT2D eigenvalue weighted by molar-refractivity contribution is 6.00. The Balaban J connectivity index is 3.34. The van der Waals surface area contributed by atoms with Crippen molar-refractivity contribution in [2.75, 3.05) is 13.7 Å². The lowest BCUT2D eigenvalue weighted by Crippen LogP contribution is -2.15. The Morgan fingerprint density at radius 2 is 2.12 bits per heavy atom. The fourth-order valence-electron chi connectivity index (χ4n) is 1.51. The van der Waals surface area contributed by atoms with E-state index in [-0.39, 0.29) is 29.8 Å². The van der Waals surface area contributed by atoms with Crippen molar-refractivity contribution in [3.05, 3.63) is 29.1 Å². The van der Waals surface area contributed by atoms with Gasteiger partial charge >= 0.3 is 0 Å². The molecular formula is C12H16FNO2. The van der Waals surface area contributed by atoms with E-state index in [1.54, 1.807) is 0 Å². The maximum absolute atomic E-state index is 13.6. The SMILES string of the molecule is COc1cc(F)c(C(C)C)cc1C(=O)CN. The lowest BCUT2D eigenvalue weighted by Gasteiger charge is -2.12. The zero-order chi connectivity index (χ0) is 12.3. The number of ether oxygens (including phenoxy) is 1. The molecular weight excluding hydrogens is 209 g/mol. The molecule has 0 spiro atoms. The maximum Gasteiger partial charge on any atom is 0.180 e. The van der Waals surface area contributed by atoms with Crippen LogP contribution in [0, 0.1) is 5.82 Å². The number of methoxy groups -OCH3 is 1. The minimum absolute atomic E-state index is 0.00947. The second kappa shape index (κ2) is 5.07. The van der Waals surface area contributed by atoms with E-state index >= 15 is 0 Å². The summed E-state index contributed by atoms with van der Waals surface area (Å²) in [6.45, 7) is 3.61. The first-order valence-electron chi connectivity index (χ1n) is 5.12. The molecule has 1 aromatic carbocycles. The van der Waals surface area contributed by atoms with E-state index in [0.717, 1.165) is 0 Å². The van der Waals surface area contributed by atoms with Crippen molar-refractivity contribution >= 4 is 5.78 Å².